The van der Waals surface area contributed by atoms with Crippen LogP contribution < -0.4 is 0 Å². The maximum atomic E-state index is 10.7. The summed E-state index contributed by atoms with van der Waals surface area (Å²) >= 11 is 0. The number of hydrogen-bond donors (Lipinski definition) is 1. The van der Waals surface area contributed by atoms with E-state index in [1.165, 1.54) is 7.11 Å². The van der Waals surface area contributed by atoms with Crippen LogP contribution in [0.25, 0.3) is 0 Å². The van der Waals surface area contributed by atoms with Gasteiger partial charge in [-0.3, -0.25) is 0 Å². The summed E-state index contributed by atoms with van der Waals surface area (Å²) in [5, 5.41) is 8.15. The van der Waals surface area contributed by atoms with E-state index in [-0.39, 0.29) is 5.97 Å². The van der Waals surface area contributed by atoms with Gasteiger partial charge in [0.2, 0.25) is 0 Å². The minimum Gasteiger partial charge on any atom is -0.502 e. The standard InChI is InChI=1S/C8H14O2.C4H6O3/c1-4-5-6-10-8(9)7(2)3;1-3(5)4(6)7-2/h2,4-6H2,1,3H3;5H,1H2,2H3. The number of carbonyl (C=O) groups excluding carboxylic acids is 2. The maximum Gasteiger partial charge on any atom is 0.372 e. The number of ether oxygens (including phenoxy) is 2. The topological polar surface area (TPSA) is 72.8 Å². The molecule has 0 aliphatic heterocycles. The molecule has 0 aromatic heterocycles. The second-order valence-electron chi connectivity index (χ2n) is 3.21. The van der Waals surface area contributed by atoms with Crippen LogP contribution in [0.4, 0.5) is 0 Å². The summed E-state index contributed by atoms with van der Waals surface area (Å²) in [4.78, 5) is 20.6. The van der Waals surface area contributed by atoms with Crippen molar-refractivity contribution in [2.24, 2.45) is 0 Å². The zero-order valence-electron chi connectivity index (χ0n) is 10.6. The Bertz CT molecular complexity index is 281. The third-order valence-electron chi connectivity index (χ3n) is 1.50. The van der Waals surface area contributed by atoms with Crippen molar-refractivity contribution in [3.8, 4) is 0 Å². The Labute approximate surface area is 102 Å². The summed E-state index contributed by atoms with van der Waals surface area (Å²) in [6.45, 7) is 10.6. The molecule has 0 heterocycles. The third kappa shape index (κ3) is 12.2. The molecule has 0 saturated carbocycles. The minimum atomic E-state index is -0.792. The molecule has 1 N–H and O–H groups in total. The highest BCUT2D eigenvalue weighted by Gasteiger charge is 2.00. The first-order valence-corrected chi connectivity index (χ1v) is 5.15. The van der Waals surface area contributed by atoms with Gasteiger partial charge in [0.05, 0.1) is 13.7 Å². The van der Waals surface area contributed by atoms with Crippen LogP contribution in [0.3, 0.4) is 0 Å². The molecule has 0 aromatic rings. The van der Waals surface area contributed by atoms with Gasteiger partial charge in [0, 0.05) is 5.57 Å². The van der Waals surface area contributed by atoms with Crippen LogP contribution >= 0.6 is 0 Å². The zero-order valence-corrected chi connectivity index (χ0v) is 10.6. The number of aliphatic hydroxyl groups is 1. The van der Waals surface area contributed by atoms with Gasteiger partial charge in [-0.2, -0.15) is 0 Å². The fourth-order valence-electron chi connectivity index (χ4n) is 0.550. The Hall–Kier alpha value is -1.78. The van der Waals surface area contributed by atoms with E-state index in [2.05, 4.69) is 24.8 Å². The van der Waals surface area contributed by atoms with Gasteiger partial charge in [0.1, 0.15) is 0 Å². The monoisotopic (exact) mass is 244 g/mol. The lowest BCUT2D eigenvalue weighted by Gasteiger charge is -2.01. The van der Waals surface area contributed by atoms with Crippen LogP contribution in [0.1, 0.15) is 26.7 Å². The highest BCUT2D eigenvalue weighted by Crippen LogP contribution is 1.94. The van der Waals surface area contributed by atoms with Crippen molar-refractivity contribution in [2.75, 3.05) is 13.7 Å². The normalized spacial score (nSPS) is 8.41. The van der Waals surface area contributed by atoms with Gasteiger partial charge in [-0.15, -0.1) is 0 Å². The van der Waals surface area contributed by atoms with Gasteiger partial charge in [-0.05, 0) is 19.9 Å². The summed E-state index contributed by atoms with van der Waals surface area (Å²) in [6.07, 6.45) is 1.97. The summed E-state index contributed by atoms with van der Waals surface area (Å²) in [5.74, 6) is -1.64. The SMILES string of the molecule is C=C(C)C(=O)OCCCC.C=C(O)C(=O)OC. The number of unbranched alkanes of at least 4 members (excludes halogenated alkanes) is 1. The summed E-state index contributed by atoms with van der Waals surface area (Å²) in [6, 6.07) is 0. The quantitative estimate of drug-likeness (QED) is 0.347. The molecule has 5 nitrogen and oxygen atoms in total. The van der Waals surface area contributed by atoms with E-state index in [4.69, 9.17) is 9.84 Å². The molecule has 0 rings (SSSR count). The van der Waals surface area contributed by atoms with Crippen LogP contribution in [0, 0.1) is 0 Å². The molecule has 0 aliphatic rings. The molecule has 0 saturated heterocycles. The summed E-state index contributed by atoms with van der Waals surface area (Å²) in [5.41, 5.74) is 0.469. The Morgan fingerprint density at radius 1 is 1.24 bits per heavy atom. The lowest BCUT2D eigenvalue weighted by atomic mass is 10.3. The smallest absolute Gasteiger partial charge is 0.372 e. The fraction of sp³-hybridized carbons (Fsp3) is 0.500. The van der Waals surface area contributed by atoms with Crippen LogP contribution in [0.15, 0.2) is 24.5 Å². The number of aliphatic hydroxyl groups excluding tert-OH is 1. The second-order valence-corrected chi connectivity index (χ2v) is 3.21. The average molecular weight is 244 g/mol. The van der Waals surface area contributed by atoms with Gasteiger partial charge in [-0.1, -0.05) is 19.9 Å². The summed E-state index contributed by atoms with van der Waals surface area (Å²) < 4.78 is 8.83. The van der Waals surface area contributed by atoms with E-state index in [1.54, 1.807) is 6.92 Å². The molecule has 0 bridgehead atoms. The van der Waals surface area contributed by atoms with Crippen molar-refractivity contribution >= 4 is 11.9 Å². The third-order valence-corrected chi connectivity index (χ3v) is 1.50. The van der Waals surface area contributed by atoms with Crippen LogP contribution in [-0.4, -0.2) is 30.8 Å². The molecule has 0 unspecified atom stereocenters. The molecule has 0 aliphatic carbocycles. The number of carbonyl (C=O) groups is 2. The number of esters is 2. The van der Waals surface area contributed by atoms with E-state index < -0.39 is 11.7 Å². The van der Waals surface area contributed by atoms with Gasteiger partial charge in [0.15, 0.2) is 5.76 Å². The van der Waals surface area contributed by atoms with E-state index in [0.717, 1.165) is 12.8 Å². The highest BCUT2D eigenvalue weighted by molar-refractivity contribution is 5.86. The molecule has 5 heteroatoms. The Kier molecular flexibility index (Phi) is 11.1. The van der Waals surface area contributed by atoms with E-state index in [9.17, 15) is 9.59 Å². The predicted molar refractivity (Wildman–Crippen MR) is 64.5 cm³/mol. The van der Waals surface area contributed by atoms with Crippen LogP contribution in [-0.2, 0) is 19.1 Å². The van der Waals surface area contributed by atoms with Crippen molar-refractivity contribution in [1.82, 2.24) is 0 Å². The number of rotatable bonds is 5. The van der Waals surface area contributed by atoms with Crippen molar-refractivity contribution in [3.05, 3.63) is 24.5 Å². The van der Waals surface area contributed by atoms with Crippen molar-refractivity contribution in [3.63, 3.8) is 0 Å². The predicted octanol–water partition coefficient (Wildman–Crippen LogP) is 2.14. The molecule has 17 heavy (non-hydrogen) atoms. The molecule has 0 aromatic carbocycles. The molecule has 0 radical (unpaired) electrons. The maximum absolute atomic E-state index is 10.7. The van der Waals surface area contributed by atoms with Gasteiger partial charge >= 0.3 is 11.9 Å². The number of methoxy groups -OCH3 is 1. The van der Waals surface area contributed by atoms with E-state index in [1.807, 2.05) is 0 Å². The van der Waals surface area contributed by atoms with Gasteiger partial charge < -0.3 is 14.6 Å². The second kappa shape index (κ2) is 10.7. The average Bonchev–Trinajstić information content (AvgIpc) is 2.28. The van der Waals surface area contributed by atoms with Gasteiger partial charge in [0.25, 0.3) is 0 Å². The Morgan fingerprint density at radius 3 is 2.00 bits per heavy atom. The molecule has 0 atom stereocenters. The minimum absolute atomic E-state index is 0.284. The van der Waals surface area contributed by atoms with Gasteiger partial charge in [-0.25, -0.2) is 9.59 Å². The first-order chi connectivity index (χ1) is 7.86. The Balaban J connectivity index is 0. The van der Waals surface area contributed by atoms with Crippen LogP contribution in [0.5, 0.6) is 0 Å². The Morgan fingerprint density at radius 2 is 1.76 bits per heavy atom. The van der Waals surface area contributed by atoms with Crippen LogP contribution in [0.2, 0.25) is 0 Å². The molecular weight excluding hydrogens is 224 g/mol. The van der Waals surface area contributed by atoms with E-state index >= 15 is 0 Å². The molecule has 98 valence electrons. The number of hydrogen-bond acceptors (Lipinski definition) is 5. The van der Waals surface area contributed by atoms with E-state index in [0.29, 0.717) is 12.2 Å². The lowest BCUT2D eigenvalue weighted by Crippen LogP contribution is -2.05. The largest absolute Gasteiger partial charge is 0.502 e. The summed E-state index contributed by atoms with van der Waals surface area (Å²) in [7, 11) is 1.17. The highest BCUT2D eigenvalue weighted by atomic mass is 16.5. The van der Waals surface area contributed by atoms with Crippen molar-refractivity contribution in [2.45, 2.75) is 26.7 Å². The zero-order chi connectivity index (χ0) is 13.8. The molecule has 0 amide bonds. The first kappa shape index (κ1) is 17.6. The molecular formula is C12H20O5. The first-order valence-electron chi connectivity index (χ1n) is 5.15. The fourth-order valence-corrected chi connectivity index (χ4v) is 0.550. The lowest BCUT2D eigenvalue weighted by molar-refractivity contribution is -0.139. The molecule has 0 spiro atoms. The molecule has 0 fully saturated rings. The van der Waals surface area contributed by atoms with Crippen molar-refractivity contribution < 1.29 is 24.2 Å². The van der Waals surface area contributed by atoms with Crippen molar-refractivity contribution in [1.29, 1.82) is 0 Å².